The van der Waals surface area contributed by atoms with Crippen LogP contribution >= 0.6 is 0 Å². The molecule has 0 aliphatic heterocycles. The monoisotopic (exact) mass is 1030 g/mol. The lowest BCUT2D eigenvalue weighted by Crippen LogP contribution is -2.61. The summed E-state index contributed by atoms with van der Waals surface area (Å²) in [5.41, 5.74) is -4.44. The molecule has 18 nitrogen and oxygen atoms in total. The minimum Gasteiger partial charge on any atom is -0.463 e. The minimum atomic E-state index is -1.81. The number of Topliss-reactive ketones (excluding diaryl/α,β-unsaturated/α-hetero) is 2. The highest BCUT2D eigenvalue weighted by Gasteiger charge is 2.70. The van der Waals surface area contributed by atoms with Gasteiger partial charge in [0.1, 0.15) is 24.4 Å². The molecule has 8 aliphatic carbocycles. The first-order valence-corrected chi connectivity index (χ1v) is 26.5. The minimum absolute atomic E-state index is 0.0255. The number of carbonyl (C=O) groups excluding carboxylic acids is 8. The third kappa shape index (κ3) is 10.2. The molecule has 0 spiro atoms. The lowest BCUT2D eigenvalue weighted by molar-refractivity contribution is -0.181. The molecule has 0 aromatic heterocycles. The molecule has 0 saturated heterocycles. The number of aliphatic hydroxyl groups is 4. The Balaban J connectivity index is 0.638. The molecule has 0 heterocycles. The topological polar surface area (TPSA) is 273 Å². The van der Waals surface area contributed by atoms with Crippen molar-refractivity contribution in [1.82, 2.24) is 0 Å². The molecule has 4 N–H and O–H groups in total. The van der Waals surface area contributed by atoms with E-state index in [0.29, 0.717) is 25.7 Å². The molecule has 14 atom stereocenters. The zero-order valence-electron chi connectivity index (χ0n) is 43.1. The molecular formula is C56H74O18. The van der Waals surface area contributed by atoms with Gasteiger partial charge in [-0.25, -0.2) is 0 Å². The van der Waals surface area contributed by atoms with Gasteiger partial charge in [0.15, 0.2) is 24.8 Å². The van der Waals surface area contributed by atoms with E-state index >= 15 is 0 Å². The predicted octanol–water partition coefficient (Wildman–Crippen LogP) is 3.91. The Morgan fingerprint density at radius 1 is 0.527 bits per heavy atom. The molecule has 6 unspecified atom stereocenters. The van der Waals surface area contributed by atoms with Crippen LogP contribution in [0.25, 0.3) is 0 Å². The number of allylic oxidation sites excluding steroid dienone is 8. The third-order valence-electron chi connectivity index (χ3n) is 19.4. The van der Waals surface area contributed by atoms with Crippen LogP contribution in [0.15, 0.2) is 47.6 Å². The number of ketones is 4. The maximum atomic E-state index is 13.6. The molecule has 406 valence electrons. The van der Waals surface area contributed by atoms with Gasteiger partial charge in [-0.3, -0.25) is 38.4 Å². The summed E-state index contributed by atoms with van der Waals surface area (Å²) in [7, 11) is 0. The largest absolute Gasteiger partial charge is 0.463 e. The van der Waals surface area contributed by atoms with Crippen LogP contribution < -0.4 is 0 Å². The van der Waals surface area contributed by atoms with Crippen LogP contribution in [0, 0.1) is 57.2 Å². The molecular weight excluding hydrogens is 961 g/mol. The number of esters is 4. The van der Waals surface area contributed by atoms with Crippen molar-refractivity contribution >= 4 is 47.0 Å². The van der Waals surface area contributed by atoms with E-state index in [4.69, 9.17) is 28.4 Å². The second-order valence-corrected chi connectivity index (χ2v) is 23.1. The summed E-state index contributed by atoms with van der Waals surface area (Å²) in [6.07, 6.45) is 12.1. The molecule has 18 heteroatoms. The second kappa shape index (κ2) is 21.7. The van der Waals surface area contributed by atoms with Gasteiger partial charge >= 0.3 is 23.9 Å². The van der Waals surface area contributed by atoms with E-state index in [9.17, 15) is 58.8 Å². The van der Waals surface area contributed by atoms with Gasteiger partial charge < -0.3 is 48.8 Å². The van der Waals surface area contributed by atoms with Crippen LogP contribution in [0.2, 0.25) is 0 Å². The Hall–Kier alpha value is -4.72. The fourth-order valence-electron chi connectivity index (χ4n) is 15.6. The van der Waals surface area contributed by atoms with Crippen molar-refractivity contribution in [2.75, 3.05) is 52.9 Å². The van der Waals surface area contributed by atoms with Crippen LogP contribution in [0.4, 0.5) is 0 Å². The number of ether oxygens (including phenoxy) is 6. The highest BCUT2D eigenvalue weighted by Crippen LogP contribution is 2.69. The van der Waals surface area contributed by atoms with E-state index in [2.05, 4.69) is 13.8 Å². The van der Waals surface area contributed by atoms with Crippen molar-refractivity contribution in [3.63, 3.8) is 0 Å². The molecule has 74 heavy (non-hydrogen) atoms. The van der Waals surface area contributed by atoms with E-state index in [0.717, 1.165) is 24.0 Å². The number of hydrogen-bond acceptors (Lipinski definition) is 18. The van der Waals surface area contributed by atoms with Crippen LogP contribution in [0.5, 0.6) is 0 Å². The van der Waals surface area contributed by atoms with E-state index in [-0.39, 0.29) is 138 Å². The predicted molar refractivity (Wildman–Crippen MR) is 260 cm³/mol. The van der Waals surface area contributed by atoms with Crippen molar-refractivity contribution in [2.24, 2.45) is 57.2 Å². The molecule has 0 aromatic carbocycles. The summed E-state index contributed by atoms with van der Waals surface area (Å²) in [6.45, 7) is 6.60. The molecule has 8 rings (SSSR count). The number of aliphatic hydroxyl groups excluding tert-OH is 2. The lowest BCUT2D eigenvalue weighted by Gasteiger charge is -2.59. The van der Waals surface area contributed by atoms with Gasteiger partial charge in [-0.2, -0.15) is 0 Å². The summed E-state index contributed by atoms with van der Waals surface area (Å²) in [5, 5.41) is 47.0. The molecule has 0 bridgehead atoms. The van der Waals surface area contributed by atoms with Gasteiger partial charge in [-0.15, -0.1) is 0 Å². The SMILES string of the molecule is C[C@]12C=CC(=O)C=C1CCC1C2[C@@H](O)C[C@@]2(C)C1CC[C@]2(O)C(=O)COC(=O)CCC(=O)OCCOCCOCCOC(=O)CCC(=O)OCC(=O)[C@@]1(O)CCC2C3CCC4=CC(=O)C=C[C@]4(C)C3[C@@H](O)C[C@@]21C. The average Bonchev–Trinajstić information content (AvgIpc) is 3.81. The maximum Gasteiger partial charge on any atom is 0.306 e. The summed E-state index contributed by atoms with van der Waals surface area (Å²) < 4.78 is 31.4. The first kappa shape index (κ1) is 55.5. The van der Waals surface area contributed by atoms with E-state index in [1.54, 1.807) is 24.3 Å². The van der Waals surface area contributed by atoms with Crippen LogP contribution in [0.1, 0.15) is 118 Å². The summed E-state index contributed by atoms with van der Waals surface area (Å²) >= 11 is 0. The molecule has 6 saturated carbocycles. The summed E-state index contributed by atoms with van der Waals surface area (Å²) in [6, 6.07) is 0. The zero-order valence-corrected chi connectivity index (χ0v) is 43.1. The fraction of sp³-hybridized carbons (Fsp3) is 0.714. The van der Waals surface area contributed by atoms with Gasteiger partial charge in [0.05, 0.1) is 64.3 Å². The molecule has 8 aliphatic rings. The average molecular weight is 1040 g/mol. The fourth-order valence-corrected chi connectivity index (χ4v) is 15.6. The van der Waals surface area contributed by atoms with Crippen molar-refractivity contribution in [1.29, 1.82) is 0 Å². The number of fused-ring (bicyclic) bond motifs is 10. The Morgan fingerprint density at radius 2 is 0.878 bits per heavy atom. The quantitative estimate of drug-likeness (QED) is 0.0721. The molecule has 0 amide bonds. The van der Waals surface area contributed by atoms with E-state index < -0.39 is 93.7 Å². The highest BCUT2D eigenvalue weighted by atomic mass is 16.6. The second-order valence-electron chi connectivity index (χ2n) is 23.1. The Morgan fingerprint density at radius 3 is 1.26 bits per heavy atom. The third-order valence-corrected chi connectivity index (χ3v) is 19.4. The number of carbonyl (C=O) groups is 8. The normalized spacial score (nSPS) is 38.4. The first-order valence-electron chi connectivity index (χ1n) is 26.5. The Kier molecular flexibility index (Phi) is 16.3. The van der Waals surface area contributed by atoms with Crippen molar-refractivity contribution in [2.45, 2.75) is 141 Å². The Labute approximate surface area is 431 Å². The maximum absolute atomic E-state index is 13.6. The first-order chi connectivity index (χ1) is 35.0. The van der Waals surface area contributed by atoms with Crippen molar-refractivity contribution < 1.29 is 87.2 Å². The van der Waals surface area contributed by atoms with Gasteiger partial charge in [0.25, 0.3) is 0 Å². The van der Waals surface area contributed by atoms with Crippen LogP contribution in [-0.2, 0) is 66.8 Å². The number of hydrogen-bond donors (Lipinski definition) is 4. The van der Waals surface area contributed by atoms with Crippen LogP contribution in [0.3, 0.4) is 0 Å². The van der Waals surface area contributed by atoms with Gasteiger partial charge in [-0.1, -0.05) is 51.0 Å². The summed E-state index contributed by atoms with van der Waals surface area (Å²) in [5.74, 6) is -4.73. The highest BCUT2D eigenvalue weighted by molar-refractivity contribution is 6.02. The van der Waals surface area contributed by atoms with E-state index in [1.807, 2.05) is 26.0 Å². The number of rotatable bonds is 21. The molecule has 6 fully saturated rings. The summed E-state index contributed by atoms with van der Waals surface area (Å²) in [4.78, 5) is 101. The molecule has 0 radical (unpaired) electrons. The smallest absolute Gasteiger partial charge is 0.306 e. The van der Waals surface area contributed by atoms with Gasteiger partial charge in [-0.05, 0) is 112 Å². The van der Waals surface area contributed by atoms with Gasteiger partial charge in [0.2, 0.25) is 11.6 Å². The standard InChI is InChI=1S/C56H74O18/c1-51-17-13-35(57)27-33(51)5-7-37-39-15-19-55(67,53(39,3)29-41(59)49(37)51)43(61)31-73-47(65)11-9-45(63)71-25-23-69-21-22-70-24-26-72-46(64)10-12-48(66)74-32-44(62)56(68)20-16-40-38-8-6-34-28-36(58)14-18-52(34,2)50(38)42(60)30-54(40,56)4/h13-14,17-18,27-28,37-42,49-50,59-60,67-68H,5-12,15-16,19-26,29-32H2,1-4H3/t37?,38?,39?,40?,41-,42-,49?,50?,51-,52-,53-,54-,55-,56-/m0/s1. The zero-order chi connectivity index (χ0) is 53.4. The van der Waals surface area contributed by atoms with Crippen LogP contribution in [-0.4, -0.2) is 144 Å². The lowest BCUT2D eigenvalue weighted by atomic mass is 9.46. The molecule has 0 aromatic rings. The van der Waals surface area contributed by atoms with Crippen molar-refractivity contribution in [3.05, 3.63) is 47.6 Å². The van der Waals surface area contributed by atoms with Crippen molar-refractivity contribution in [3.8, 4) is 0 Å². The van der Waals surface area contributed by atoms with E-state index in [1.165, 1.54) is 0 Å². The van der Waals surface area contributed by atoms with Gasteiger partial charge in [0, 0.05) is 33.5 Å². The Bertz CT molecular complexity index is 2220.